The van der Waals surface area contributed by atoms with Gasteiger partial charge in [0.25, 0.3) is 5.91 Å². The molecular weight excluding hydrogens is 591 g/mol. The fourth-order valence-corrected chi connectivity index (χ4v) is 9.23. The number of hydrogen-bond donors (Lipinski definition) is 3. The topological polar surface area (TPSA) is 112 Å². The number of benzene rings is 3. The van der Waals surface area contributed by atoms with Gasteiger partial charge in [0.1, 0.15) is 11.4 Å². The molecule has 2 aliphatic carbocycles. The summed E-state index contributed by atoms with van der Waals surface area (Å²) < 4.78 is 68.5. The monoisotopic (exact) mass is 615 g/mol. The van der Waals surface area contributed by atoms with Crippen LogP contribution in [0.1, 0.15) is 41.9 Å². The van der Waals surface area contributed by atoms with Gasteiger partial charge >= 0.3 is 0 Å². The number of aromatic amines is 1. The zero-order chi connectivity index (χ0) is 29.8. The number of rotatable bonds is 6. The molecule has 0 saturated heterocycles. The molecule has 12 heteroatoms. The number of nitrogens with zero attached hydrogens (tertiary/aromatic N) is 1. The van der Waals surface area contributed by atoms with Gasteiger partial charge in [-0.3, -0.25) is 4.79 Å². The molecule has 0 aliphatic heterocycles. The average Bonchev–Trinajstić information content (AvgIpc) is 3.57. The molecule has 3 aromatic carbocycles. The molecule has 218 valence electrons. The molecule has 2 fully saturated rings. The highest BCUT2D eigenvalue weighted by Crippen LogP contribution is 2.54. The highest BCUT2D eigenvalue weighted by atomic mass is 35.5. The number of amides is 1. The molecule has 42 heavy (non-hydrogen) atoms. The smallest absolute Gasteiger partial charge is 0.255 e. The van der Waals surface area contributed by atoms with Crippen LogP contribution >= 0.6 is 11.6 Å². The lowest BCUT2D eigenvalue weighted by Crippen LogP contribution is -2.45. The number of imidazole rings is 1. The lowest BCUT2D eigenvalue weighted by Gasteiger charge is -2.39. The van der Waals surface area contributed by atoms with Gasteiger partial charge in [-0.25, -0.2) is 26.6 Å². The van der Waals surface area contributed by atoms with Crippen LogP contribution in [0.5, 0.6) is 0 Å². The molecule has 2 aliphatic rings. The first-order valence-corrected chi connectivity index (χ1v) is 15.2. The highest BCUT2D eigenvalue weighted by molar-refractivity contribution is 7.92. The summed E-state index contributed by atoms with van der Waals surface area (Å²) >= 11 is 6.34. The van der Waals surface area contributed by atoms with Gasteiger partial charge in [-0.1, -0.05) is 41.9 Å². The number of halogens is 4. The predicted octanol–water partition coefficient (Wildman–Crippen LogP) is 6.25. The van der Waals surface area contributed by atoms with E-state index >= 15 is 0 Å². The number of anilines is 1. The molecule has 6 rings (SSSR count). The van der Waals surface area contributed by atoms with Crippen LogP contribution < -0.4 is 5.32 Å². The van der Waals surface area contributed by atoms with Gasteiger partial charge in [-0.05, 0) is 61.3 Å². The van der Waals surface area contributed by atoms with Crippen LogP contribution in [-0.4, -0.2) is 34.6 Å². The molecule has 2 bridgehead atoms. The molecule has 3 N–H and O–H groups in total. The Morgan fingerprint density at radius 3 is 2.29 bits per heavy atom. The second kappa shape index (κ2) is 10.6. The summed E-state index contributed by atoms with van der Waals surface area (Å²) in [6.07, 6.45) is 3.17. The molecule has 7 nitrogen and oxygen atoms in total. The summed E-state index contributed by atoms with van der Waals surface area (Å²) in [4.78, 5) is 20.2. The van der Waals surface area contributed by atoms with Crippen LogP contribution in [-0.2, 0) is 15.4 Å². The van der Waals surface area contributed by atoms with E-state index in [-0.39, 0.29) is 45.8 Å². The summed E-state index contributed by atoms with van der Waals surface area (Å²) in [5.74, 6) is -5.89. The summed E-state index contributed by atoms with van der Waals surface area (Å²) in [7, 11) is -4.07. The van der Waals surface area contributed by atoms with Crippen molar-refractivity contribution in [3.05, 3.63) is 101 Å². The van der Waals surface area contributed by atoms with Crippen molar-refractivity contribution in [2.75, 3.05) is 5.32 Å². The SMILES string of the molecule is O=C(Nc1cc(F)c(F)c(F)c1)c1ccc(Cl)c(S(=O)(=O)C2C3CC[C@H]2CC(O)(c2ncc(-c4ccccc4)[nH]2)C3)c1. The van der Waals surface area contributed by atoms with Crippen molar-refractivity contribution in [1.82, 2.24) is 9.97 Å². The first-order chi connectivity index (χ1) is 20.0. The summed E-state index contributed by atoms with van der Waals surface area (Å²) in [6.45, 7) is 0. The van der Waals surface area contributed by atoms with E-state index in [0.29, 0.717) is 30.8 Å². The first-order valence-electron chi connectivity index (χ1n) is 13.3. The number of nitrogens with one attached hydrogen (secondary N) is 2. The predicted molar refractivity (Wildman–Crippen MR) is 150 cm³/mol. The van der Waals surface area contributed by atoms with Crippen molar-refractivity contribution in [2.45, 2.75) is 41.4 Å². The third kappa shape index (κ3) is 4.99. The van der Waals surface area contributed by atoms with Crippen molar-refractivity contribution >= 4 is 33.0 Å². The second-order valence-corrected chi connectivity index (χ2v) is 13.4. The van der Waals surface area contributed by atoms with Crippen molar-refractivity contribution in [3.8, 4) is 11.3 Å². The zero-order valence-electron chi connectivity index (χ0n) is 22.0. The Bertz CT molecular complexity index is 1760. The second-order valence-electron chi connectivity index (χ2n) is 10.9. The van der Waals surface area contributed by atoms with Crippen molar-refractivity contribution in [3.63, 3.8) is 0 Å². The molecule has 4 aromatic rings. The van der Waals surface area contributed by atoms with E-state index in [1.165, 1.54) is 12.1 Å². The number of aromatic nitrogens is 2. The summed E-state index contributed by atoms with van der Waals surface area (Å²) in [5.41, 5.74) is -0.141. The van der Waals surface area contributed by atoms with E-state index in [1.54, 1.807) is 6.20 Å². The van der Waals surface area contributed by atoms with E-state index in [9.17, 15) is 31.5 Å². The molecular formula is C30H25ClF3N3O4S. The molecule has 1 heterocycles. The minimum atomic E-state index is -4.07. The van der Waals surface area contributed by atoms with Crippen LogP contribution in [0.25, 0.3) is 11.3 Å². The Morgan fingerprint density at radius 2 is 1.64 bits per heavy atom. The van der Waals surface area contributed by atoms with Gasteiger partial charge in [-0.15, -0.1) is 0 Å². The first kappa shape index (κ1) is 28.4. The molecule has 1 amide bonds. The van der Waals surface area contributed by atoms with Crippen LogP contribution in [0.3, 0.4) is 0 Å². The van der Waals surface area contributed by atoms with E-state index in [2.05, 4.69) is 15.3 Å². The molecule has 0 spiro atoms. The number of H-pyrrole nitrogens is 1. The van der Waals surface area contributed by atoms with Crippen molar-refractivity contribution in [2.24, 2.45) is 11.8 Å². The summed E-state index contributed by atoms with van der Waals surface area (Å²) in [5, 5.41) is 13.0. The molecule has 1 aromatic heterocycles. The van der Waals surface area contributed by atoms with Gasteiger partial charge in [0.2, 0.25) is 0 Å². The van der Waals surface area contributed by atoms with Gasteiger partial charge < -0.3 is 15.4 Å². The fourth-order valence-electron chi connectivity index (χ4n) is 6.39. The minimum Gasteiger partial charge on any atom is -0.382 e. The van der Waals surface area contributed by atoms with Gasteiger partial charge in [0.05, 0.1) is 27.1 Å². The lowest BCUT2D eigenvalue weighted by molar-refractivity contribution is -0.0309. The Kier molecular flexibility index (Phi) is 7.15. The van der Waals surface area contributed by atoms with Gasteiger partial charge in [-0.2, -0.15) is 0 Å². The number of hydrogen-bond acceptors (Lipinski definition) is 5. The maximum absolute atomic E-state index is 14.0. The Labute approximate surface area is 244 Å². The molecule has 0 radical (unpaired) electrons. The number of carbonyl (C=O) groups is 1. The van der Waals surface area contributed by atoms with Gasteiger partial charge in [0, 0.05) is 23.4 Å². The molecule has 4 atom stereocenters. The normalized spacial score (nSPS) is 23.6. The third-order valence-corrected chi connectivity index (χ3v) is 11.1. The lowest BCUT2D eigenvalue weighted by atomic mass is 9.76. The Balaban J connectivity index is 1.25. The highest BCUT2D eigenvalue weighted by Gasteiger charge is 2.55. The van der Waals surface area contributed by atoms with Crippen molar-refractivity contribution < 1.29 is 31.5 Å². The number of aliphatic hydroxyl groups is 1. The largest absolute Gasteiger partial charge is 0.382 e. The van der Waals surface area contributed by atoms with E-state index < -0.39 is 44.0 Å². The quantitative estimate of drug-likeness (QED) is 0.222. The van der Waals surface area contributed by atoms with E-state index in [1.807, 2.05) is 30.3 Å². The zero-order valence-corrected chi connectivity index (χ0v) is 23.5. The standard InChI is InChI=1S/C30H25ClF3N3O4S/c31-21-9-8-17(28(38)36-20-11-22(32)26(34)23(33)12-20)10-25(21)42(40,41)27-18-6-7-19(27)14-30(39,13-18)29-35-15-24(37-29)16-4-2-1-3-5-16/h1-5,8-12,15,18-19,27,39H,6-7,13-14H2,(H,35,37)(H,36,38)/t18-,19?,27?,30?/m0/s1. The third-order valence-electron chi connectivity index (χ3n) is 8.24. The molecule has 2 saturated carbocycles. The Morgan fingerprint density at radius 1 is 1.00 bits per heavy atom. The average molecular weight is 616 g/mol. The van der Waals surface area contributed by atoms with Crippen LogP contribution in [0.2, 0.25) is 5.02 Å². The van der Waals surface area contributed by atoms with Crippen LogP contribution in [0, 0.1) is 29.3 Å². The summed E-state index contributed by atoms with van der Waals surface area (Å²) in [6, 6.07) is 14.4. The fraction of sp³-hybridized carbons (Fsp3) is 0.267. The van der Waals surface area contributed by atoms with E-state index in [0.717, 1.165) is 17.3 Å². The number of fused-ring (bicyclic) bond motifs is 2. The van der Waals surface area contributed by atoms with Crippen molar-refractivity contribution in [1.29, 1.82) is 0 Å². The molecule has 3 unspecified atom stereocenters. The van der Waals surface area contributed by atoms with Gasteiger partial charge in [0.15, 0.2) is 27.3 Å². The number of carbonyl (C=O) groups excluding carboxylic acids is 1. The minimum absolute atomic E-state index is 0.0795. The maximum atomic E-state index is 14.0. The maximum Gasteiger partial charge on any atom is 0.255 e. The number of sulfone groups is 1. The van der Waals surface area contributed by atoms with Crippen LogP contribution in [0.15, 0.2) is 71.8 Å². The Hall–Kier alpha value is -3.67. The van der Waals surface area contributed by atoms with E-state index in [4.69, 9.17) is 11.6 Å². The van der Waals surface area contributed by atoms with Crippen LogP contribution in [0.4, 0.5) is 18.9 Å².